The van der Waals surface area contributed by atoms with Gasteiger partial charge < -0.3 is 10.3 Å². The molecule has 3 N–H and O–H groups in total. The molecule has 1 aliphatic rings. The summed E-state index contributed by atoms with van der Waals surface area (Å²) in [5.74, 6) is 5.51. The topological polar surface area (TPSA) is 102 Å². The normalized spacial score (nSPS) is 21.9. The van der Waals surface area contributed by atoms with Crippen molar-refractivity contribution in [2.75, 3.05) is 12.0 Å². The first-order valence-electron chi connectivity index (χ1n) is 6.50. The van der Waals surface area contributed by atoms with Crippen LogP contribution in [0, 0.1) is 16.0 Å². The molecule has 1 aromatic carbocycles. The average molecular weight is 278 g/mol. The maximum Gasteiger partial charge on any atom is 0.294 e. The third-order valence-corrected chi connectivity index (χ3v) is 3.64. The van der Waals surface area contributed by atoms with Crippen LogP contribution in [0.2, 0.25) is 0 Å². The molecular formula is C13H18N4O3. The van der Waals surface area contributed by atoms with Gasteiger partial charge >= 0.3 is 0 Å². The number of rotatable bonds is 3. The smallest absolute Gasteiger partial charge is 0.294 e. The van der Waals surface area contributed by atoms with Crippen LogP contribution in [-0.2, 0) is 0 Å². The number of nitrogen functional groups attached to an aromatic ring is 1. The lowest BCUT2D eigenvalue weighted by atomic mass is 10.1. The van der Waals surface area contributed by atoms with E-state index in [0.717, 1.165) is 6.42 Å². The molecule has 2 unspecified atom stereocenters. The van der Waals surface area contributed by atoms with Gasteiger partial charge in [-0.1, -0.05) is 6.92 Å². The van der Waals surface area contributed by atoms with E-state index in [9.17, 15) is 14.9 Å². The van der Waals surface area contributed by atoms with Crippen LogP contribution in [0.25, 0.3) is 0 Å². The highest BCUT2D eigenvalue weighted by Crippen LogP contribution is 2.28. The molecule has 1 saturated heterocycles. The Bertz CT molecular complexity index is 546. The molecule has 0 aromatic heterocycles. The van der Waals surface area contributed by atoms with E-state index in [1.165, 1.54) is 12.1 Å². The maximum atomic E-state index is 12.4. The van der Waals surface area contributed by atoms with Crippen molar-refractivity contribution in [2.24, 2.45) is 11.8 Å². The van der Waals surface area contributed by atoms with Crippen LogP contribution >= 0.6 is 0 Å². The minimum Gasteiger partial charge on any atom is -0.336 e. The summed E-state index contributed by atoms with van der Waals surface area (Å²) in [6.07, 6.45) is 0.955. The van der Waals surface area contributed by atoms with Gasteiger partial charge in [0.2, 0.25) is 0 Å². The zero-order chi connectivity index (χ0) is 14.9. The predicted molar refractivity (Wildman–Crippen MR) is 75.2 cm³/mol. The van der Waals surface area contributed by atoms with E-state index in [0.29, 0.717) is 18.0 Å². The highest BCUT2D eigenvalue weighted by Gasteiger charge is 2.31. The molecule has 2 atom stereocenters. The molecule has 1 aromatic rings. The number of carbonyl (C=O) groups excluding carboxylic acids is 1. The number of nitrogens with two attached hydrogens (primary N) is 1. The van der Waals surface area contributed by atoms with E-state index in [1.54, 1.807) is 11.0 Å². The van der Waals surface area contributed by atoms with Gasteiger partial charge in [-0.25, -0.2) is 0 Å². The largest absolute Gasteiger partial charge is 0.336 e. The fourth-order valence-electron chi connectivity index (χ4n) is 2.69. The van der Waals surface area contributed by atoms with Crippen LogP contribution < -0.4 is 11.3 Å². The lowest BCUT2D eigenvalue weighted by Crippen LogP contribution is -2.34. The van der Waals surface area contributed by atoms with Crippen molar-refractivity contribution in [3.05, 3.63) is 33.9 Å². The molecule has 0 aliphatic carbocycles. The van der Waals surface area contributed by atoms with Gasteiger partial charge in [-0.05, 0) is 31.4 Å². The Kier molecular flexibility index (Phi) is 3.89. The molecular weight excluding hydrogens is 260 g/mol. The summed E-state index contributed by atoms with van der Waals surface area (Å²) >= 11 is 0. The van der Waals surface area contributed by atoms with E-state index >= 15 is 0 Å². The number of nitrogens with zero attached hydrogens (tertiary/aromatic N) is 2. The molecule has 0 radical (unpaired) electrons. The van der Waals surface area contributed by atoms with Crippen LogP contribution in [0.1, 0.15) is 30.6 Å². The number of nitro groups is 1. The maximum absolute atomic E-state index is 12.4. The second-order valence-corrected chi connectivity index (χ2v) is 5.28. The number of nitro benzene ring substituents is 1. The van der Waals surface area contributed by atoms with E-state index in [-0.39, 0.29) is 23.3 Å². The van der Waals surface area contributed by atoms with Crippen LogP contribution in [0.3, 0.4) is 0 Å². The summed E-state index contributed by atoms with van der Waals surface area (Å²) in [7, 11) is 0. The highest BCUT2D eigenvalue weighted by molar-refractivity contribution is 5.96. The first-order chi connectivity index (χ1) is 9.43. The monoisotopic (exact) mass is 278 g/mol. The van der Waals surface area contributed by atoms with Crippen LogP contribution in [0.5, 0.6) is 0 Å². The zero-order valence-electron chi connectivity index (χ0n) is 11.5. The van der Waals surface area contributed by atoms with Crippen molar-refractivity contribution >= 4 is 17.3 Å². The summed E-state index contributed by atoms with van der Waals surface area (Å²) in [5, 5.41) is 11.0. The minimum atomic E-state index is -0.554. The van der Waals surface area contributed by atoms with Crippen molar-refractivity contribution in [3.8, 4) is 0 Å². The first-order valence-corrected chi connectivity index (χ1v) is 6.50. The molecule has 0 spiro atoms. The number of hydrogen-bond acceptors (Lipinski definition) is 5. The Morgan fingerprint density at radius 2 is 2.20 bits per heavy atom. The van der Waals surface area contributed by atoms with Gasteiger partial charge in [0.25, 0.3) is 11.6 Å². The number of likely N-dealkylation sites (tertiary alicyclic amines) is 1. The van der Waals surface area contributed by atoms with Gasteiger partial charge in [-0.2, -0.15) is 0 Å². The minimum absolute atomic E-state index is 0.156. The third kappa shape index (κ3) is 2.57. The summed E-state index contributed by atoms with van der Waals surface area (Å²) < 4.78 is 0. The van der Waals surface area contributed by atoms with E-state index < -0.39 is 4.92 Å². The number of anilines is 1. The van der Waals surface area contributed by atoms with Gasteiger partial charge in [-0.3, -0.25) is 20.8 Å². The molecule has 7 nitrogen and oxygen atoms in total. The number of benzene rings is 1. The Hall–Kier alpha value is -2.15. The fourth-order valence-corrected chi connectivity index (χ4v) is 2.69. The van der Waals surface area contributed by atoms with E-state index in [1.807, 2.05) is 6.92 Å². The number of amides is 1. The first kappa shape index (κ1) is 14.3. The second-order valence-electron chi connectivity index (χ2n) is 5.28. The molecule has 1 heterocycles. The quantitative estimate of drug-likeness (QED) is 0.498. The van der Waals surface area contributed by atoms with E-state index in [2.05, 4.69) is 12.3 Å². The van der Waals surface area contributed by atoms with Gasteiger partial charge in [0.15, 0.2) is 0 Å². The van der Waals surface area contributed by atoms with Gasteiger partial charge in [0.05, 0.1) is 4.92 Å². The summed E-state index contributed by atoms with van der Waals surface area (Å²) in [4.78, 5) is 24.6. The van der Waals surface area contributed by atoms with Gasteiger partial charge in [0.1, 0.15) is 5.69 Å². The number of nitrogens with one attached hydrogen (secondary N) is 1. The lowest BCUT2D eigenvalue weighted by molar-refractivity contribution is -0.384. The number of carbonyl (C=O) groups is 1. The Labute approximate surface area is 116 Å². The van der Waals surface area contributed by atoms with Crippen LogP contribution in [0.15, 0.2) is 18.2 Å². The molecule has 7 heteroatoms. The molecule has 108 valence electrons. The van der Waals surface area contributed by atoms with Crippen molar-refractivity contribution in [1.82, 2.24) is 4.90 Å². The second kappa shape index (κ2) is 5.46. The van der Waals surface area contributed by atoms with Crippen molar-refractivity contribution in [2.45, 2.75) is 26.3 Å². The predicted octanol–water partition coefficient (Wildman–Crippen LogP) is 1.75. The Morgan fingerprint density at radius 1 is 1.50 bits per heavy atom. The Balaban J connectivity index is 2.31. The molecule has 0 saturated carbocycles. The average Bonchev–Trinajstić information content (AvgIpc) is 2.76. The molecule has 0 bridgehead atoms. The standard InChI is InChI=1S/C13H18N4O3/c1-8-5-9(2)16(7-8)13(18)10-3-4-11(15-14)12(6-10)17(19)20/h3-4,6,8-9,15H,5,7,14H2,1-2H3. The highest BCUT2D eigenvalue weighted by atomic mass is 16.6. The van der Waals surface area contributed by atoms with Gasteiger partial charge in [-0.15, -0.1) is 0 Å². The van der Waals surface area contributed by atoms with E-state index in [4.69, 9.17) is 5.84 Å². The van der Waals surface area contributed by atoms with Crippen molar-refractivity contribution in [3.63, 3.8) is 0 Å². The molecule has 2 rings (SSSR count). The number of hydrogen-bond donors (Lipinski definition) is 2. The molecule has 1 aliphatic heterocycles. The van der Waals surface area contributed by atoms with Crippen molar-refractivity contribution in [1.29, 1.82) is 0 Å². The SMILES string of the molecule is CC1CC(C)N(C(=O)c2ccc(NN)c([N+](=O)[O-])c2)C1. The molecule has 20 heavy (non-hydrogen) atoms. The summed E-state index contributed by atoms with van der Waals surface area (Å²) in [6.45, 7) is 4.77. The van der Waals surface area contributed by atoms with Crippen LogP contribution in [0.4, 0.5) is 11.4 Å². The Morgan fingerprint density at radius 3 is 2.70 bits per heavy atom. The molecule has 1 amide bonds. The zero-order valence-corrected chi connectivity index (χ0v) is 11.5. The van der Waals surface area contributed by atoms with Crippen molar-refractivity contribution < 1.29 is 9.72 Å². The fraction of sp³-hybridized carbons (Fsp3) is 0.462. The summed E-state index contributed by atoms with van der Waals surface area (Å²) in [5.41, 5.74) is 2.57. The van der Waals surface area contributed by atoms with Gasteiger partial charge in [0, 0.05) is 24.2 Å². The van der Waals surface area contributed by atoms with Crippen LogP contribution in [-0.4, -0.2) is 28.3 Å². The number of hydrazine groups is 1. The third-order valence-electron chi connectivity index (χ3n) is 3.64. The molecule has 1 fully saturated rings. The lowest BCUT2D eigenvalue weighted by Gasteiger charge is -2.21. The summed E-state index contributed by atoms with van der Waals surface area (Å²) in [6, 6.07) is 4.44.